The summed E-state index contributed by atoms with van der Waals surface area (Å²) in [6.45, 7) is 6.14. The monoisotopic (exact) mass is 241 g/mol. The molecule has 98 valence electrons. The van der Waals surface area contributed by atoms with Crippen LogP contribution in [0.25, 0.3) is 0 Å². The highest BCUT2D eigenvalue weighted by molar-refractivity contribution is 5.78. The first kappa shape index (κ1) is 12.8. The number of hydrogen-bond donors (Lipinski definition) is 1. The SMILES string of the molecule is CN1CCN(CC(=O)NC[C@H]2CCCO2)CC1. The summed E-state index contributed by atoms with van der Waals surface area (Å²) in [5.74, 6) is 0.130. The van der Waals surface area contributed by atoms with Crippen LogP contribution in [-0.4, -0.2) is 74.7 Å². The molecular weight excluding hydrogens is 218 g/mol. The van der Waals surface area contributed by atoms with Gasteiger partial charge in [-0.05, 0) is 19.9 Å². The molecular formula is C12H23N3O2. The molecule has 2 rings (SSSR count). The van der Waals surface area contributed by atoms with E-state index in [0.717, 1.165) is 45.6 Å². The van der Waals surface area contributed by atoms with Crippen molar-refractivity contribution in [3.63, 3.8) is 0 Å². The van der Waals surface area contributed by atoms with Crippen LogP contribution in [0.2, 0.25) is 0 Å². The van der Waals surface area contributed by atoms with Crippen molar-refractivity contribution in [3.05, 3.63) is 0 Å². The Bertz CT molecular complexity index is 246. The normalized spacial score (nSPS) is 27.2. The molecule has 17 heavy (non-hydrogen) atoms. The second-order valence-electron chi connectivity index (χ2n) is 5.02. The van der Waals surface area contributed by atoms with Gasteiger partial charge in [-0.1, -0.05) is 0 Å². The van der Waals surface area contributed by atoms with Gasteiger partial charge in [0.2, 0.25) is 5.91 Å². The van der Waals surface area contributed by atoms with Crippen LogP contribution in [0.15, 0.2) is 0 Å². The summed E-state index contributed by atoms with van der Waals surface area (Å²) in [4.78, 5) is 16.2. The maximum atomic E-state index is 11.7. The highest BCUT2D eigenvalue weighted by atomic mass is 16.5. The van der Waals surface area contributed by atoms with Crippen molar-refractivity contribution < 1.29 is 9.53 Å². The molecule has 2 heterocycles. The fourth-order valence-electron chi connectivity index (χ4n) is 2.30. The van der Waals surface area contributed by atoms with E-state index in [0.29, 0.717) is 13.1 Å². The number of amides is 1. The number of carbonyl (C=O) groups is 1. The van der Waals surface area contributed by atoms with Gasteiger partial charge in [-0.15, -0.1) is 0 Å². The van der Waals surface area contributed by atoms with Gasteiger partial charge in [0.1, 0.15) is 0 Å². The topological polar surface area (TPSA) is 44.8 Å². The first-order valence-electron chi connectivity index (χ1n) is 6.53. The Hall–Kier alpha value is -0.650. The number of rotatable bonds is 4. The zero-order valence-corrected chi connectivity index (χ0v) is 10.7. The fraction of sp³-hybridized carbons (Fsp3) is 0.917. The maximum Gasteiger partial charge on any atom is 0.234 e. The first-order valence-corrected chi connectivity index (χ1v) is 6.53. The van der Waals surface area contributed by atoms with Gasteiger partial charge in [0.25, 0.3) is 0 Å². The lowest BCUT2D eigenvalue weighted by molar-refractivity contribution is -0.123. The lowest BCUT2D eigenvalue weighted by atomic mass is 10.2. The van der Waals surface area contributed by atoms with Gasteiger partial charge < -0.3 is 15.0 Å². The van der Waals surface area contributed by atoms with E-state index in [2.05, 4.69) is 22.2 Å². The smallest absolute Gasteiger partial charge is 0.234 e. The standard InChI is InChI=1S/C12H23N3O2/c1-14-4-6-15(7-5-14)10-12(16)13-9-11-3-2-8-17-11/h11H,2-10H2,1H3,(H,13,16)/t11-/m1/s1. The Morgan fingerprint density at radius 2 is 2.12 bits per heavy atom. The Balaban J connectivity index is 1.60. The molecule has 5 heteroatoms. The molecule has 2 saturated heterocycles. The van der Waals surface area contributed by atoms with Gasteiger partial charge in [0.15, 0.2) is 0 Å². The summed E-state index contributed by atoms with van der Waals surface area (Å²) < 4.78 is 5.47. The van der Waals surface area contributed by atoms with Crippen LogP contribution in [0, 0.1) is 0 Å². The number of piperazine rings is 1. The van der Waals surface area contributed by atoms with Gasteiger partial charge >= 0.3 is 0 Å². The Kier molecular flexibility index (Phi) is 4.76. The number of ether oxygens (including phenoxy) is 1. The molecule has 1 atom stereocenters. The van der Waals surface area contributed by atoms with Crippen LogP contribution < -0.4 is 5.32 Å². The summed E-state index contributed by atoms with van der Waals surface area (Å²) in [5, 5.41) is 2.96. The molecule has 0 aromatic heterocycles. The van der Waals surface area contributed by atoms with Crippen LogP contribution in [-0.2, 0) is 9.53 Å². The summed E-state index contributed by atoms with van der Waals surface area (Å²) in [6, 6.07) is 0. The molecule has 0 radical (unpaired) electrons. The van der Waals surface area contributed by atoms with Crippen molar-refractivity contribution in [1.29, 1.82) is 0 Å². The van der Waals surface area contributed by atoms with Gasteiger partial charge in [-0.25, -0.2) is 0 Å². The lowest BCUT2D eigenvalue weighted by Gasteiger charge is -2.31. The van der Waals surface area contributed by atoms with Gasteiger partial charge in [-0.2, -0.15) is 0 Å². The van der Waals surface area contributed by atoms with Crippen molar-refractivity contribution in [2.45, 2.75) is 18.9 Å². The van der Waals surface area contributed by atoms with Crippen molar-refractivity contribution in [2.24, 2.45) is 0 Å². The van der Waals surface area contributed by atoms with Crippen molar-refractivity contribution in [3.8, 4) is 0 Å². The fourth-order valence-corrected chi connectivity index (χ4v) is 2.30. The zero-order valence-electron chi connectivity index (χ0n) is 10.7. The zero-order chi connectivity index (χ0) is 12.1. The van der Waals surface area contributed by atoms with E-state index in [-0.39, 0.29) is 12.0 Å². The van der Waals surface area contributed by atoms with Gasteiger partial charge in [0, 0.05) is 39.3 Å². The second kappa shape index (κ2) is 6.33. The Morgan fingerprint density at radius 3 is 2.76 bits per heavy atom. The number of nitrogens with zero attached hydrogens (tertiary/aromatic N) is 2. The third kappa shape index (κ3) is 4.26. The van der Waals surface area contributed by atoms with E-state index in [1.54, 1.807) is 0 Å². The van der Waals surface area contributed by atoms with Gasteiger partial charge in [-0.3, -0.25) is 9.69 Å². The highest BCUT2D eigenvalue weighted by Crippen LogP contribution is 2.10. The van der Waals surface area contributed by atoms with E-state index in [4.69, 9.17) is 4.74 Å². The molecule has 0 aliphatic carbocycles. The number of hydrogen-bond acceptors (Lipinski definition) is 4. The van der Waals surface area contributed by atoms with Crippen molar-refractivity contribution >= 4 is 5.91 Å². The maximum absolute atomic E-state index is 11.7. The minimum absolute atomic E-state index is 0.130. The highest BCUT2D eigenvalue weighted by Gasteiger charge is 2.19. The molecule has 1 amide bonds. The summed E-state index contributed by atoms with van der Waals surface area (Å²) in [7, 11) is 2.12. The molecule has 0 aromatic carbocycles. The van der Waals surface area contributed by atoms with E-state index >= 15 is 0 Å². The third-order valence-corrected chi connectivity index (χ3v) is 3.51. The molecule has 0 aromatic rings. The summed E-state index contributed by atoms with van der Waals surface area (Å²) >= 11 is 0. The summed E-state index contributed by atoms with van der Waals surface area (Å²) in [6.07, 6.45) is 2.44. The molecule has 0 spiro atoms. The average molecular weight is 241 g/mol. The second-order valence-corrected chi connectivity index (χ2v) is 5.02. The van der Waals surface area contributed by atoms with E-state index in [1.807, 2.05) is 0 Å². The van der Waals surface area contributed by atoms with Crippen LogP contribution in [0.4, 0.5) is 0 Å². The Labute approximate surface area is 103 Å². The van der Waals surface area contributed by atoms with E-state index < -0.39 is 0 Å². The lowest BCUT2D eigenvalue weighted by Crippen LogP contribution is -2.48. The predicted octanol–water partition coefficient (Wildman–Crippen LogP) is -0.471. The molecule has 0 saturated carbocycles. The third-order valence-electron chi connectivity index (χ3n) is 3.51. The van der Waals surface area contributed by atoms with E-state index in [1.165, 1.54) is 0 Å². The van der Waals surface area contributed by atoms with Gasteiger partial charge in [0.05, 0.1) is 12.6 Å². The molecule has 5 nitrogen and oxygen atoms in total. The number of carbonyl (C=O) groups excluding carboxylic acids is 1. The average Bonchev–Trinajstić information content (AvgIpc) is 2.83. The van der Waals surface area contributed by atoms with Crippen LogP contribution in [0.1, 0.15) is 12.8 Å². The molecule has 2 aliphatic rings. The number of likely N-dealkylation sites (N-methyl/N-ethyl adjacent to an activating group) is 1. The van der Waals surface area contributed by atoms with Crippen molar-refractivity contribution in [2.75, 3.05) is 52.9 Å². The van der Waals surface area contributed by atoms with Crippen LogP contribution in [0.3, 0.4) is 0 Å². The molecule has 1 N–H and O–H groups in total. The molecule has 2 fully saturated rings. The largest absolute Gasteiger partial charge is 0.376 e. The predicted molar refractivity (Wildman–Crippen MR) is 65.9 cm³/mol. The minimum atomic E-state index is 0.130. The Morgan fingerprint density at radius 1 is 1.35 bits per heavy atom. The van der Waals surface area contributed by atoms with Crippen molar-refractivity contribution in [1.82, 2.24) is 15.1 Å². The minimum Gasteiger partial charge on any atom is -0.376 e. The number of nitrogens with one attached hydrogen (secondary N) is 1. The molecule has 0 bridgehead atoms. The first-order chi connectivity index (χ1) is 8.24. The van der Waals surface area contributed by atoms with Crippen LogP contribution in [0.5, 0.6) is 0 Å². The quantitative estimate of drug-likeness (QED) is 0.723. The van der Waals surface area contributed by atoms with Crippen LogP contribution >= 0.6 is 0 Å². The molecule has 0 unspecified atom stereocenters. The van der Waals surface area contributed by atoms with E-state index in [9.17, 15) is 4.79 Å². The summed E-state index contributed by atoms with van der Waals surface area (Å²) in [5.41, 5.74) is 0. The molecule has 2 aliphatic heterocycles.